The molecule has 0 spiro atoms. The van der Waals surface area contributed by atoms with Crippen LogP contribution in [0.4, 0.5) is 5.69 Å². The van der Waals surface area contributed by atoms with Crippen LogP contribution in [0.1, 0.15) is 39.4 Å². The van der Waals surface area contributed by atoms with Crippen molar-refractivity contribution in [2.75, 3.05) is 12.0 Å². The fourth-order valence-electron chi connectivity index (χ4n) is 4.46. The lowest BCUT2D eigenvalue weighted by Gasteiger charge is -2.29. The molecule has 4 aromatic rings. The molecule has 2 aromatic carbocycles. The number of para-hydroxylation sites is 1. The molecule has 3 heterocycles. The lowest BCUT2D eigenvalue weighted by molar-refractivity contribution is 0.0600. The maximum atomic E-state index is 12.5. The summed E-state index contributed by atoms with van der Waals surface area (Å²) in [5.41, 5.74) is 5.26. The number of nitrogens with zero attached hydrogens (tertiary/aromatic N) is 3. The van der Waals surface area contributed by atoms with Crippen molar-refractivity contribution in [3.8, 4) is 5.69 Å². The predicted molar refractivity (Wildman–Crippen MR) is 136 cm³/mol. The van der Waals surface area contributed by atoms with Crippen LogP contribution < -0.4 is 10.2 Å². The molecule has 1 aliphatic rings. The Morgan fingerprint density at radius 1 is 1.00 bits per heavy atom. The van der Waals surface area contributed by atoms with Gasteiger partial charge in [0.15, 0.2) is 5.11 Å². The van der Waals surface area contributed by atoms with Gasteiger partial charge >= 0.3 is 5.97 Å². The molecule has 2 aromatic heterocycles. The summed E-state index contributed by atoms with van der Waals surface area (Å²) in [6.07, 6.45) is 3.75. The molecular formula is C27H24N4O2S. The van der Waals surface area contributed by atoms with Crippen LogP contribution >= 0.6 is 12.2 Å². The Hall–Kier alpha value is -3.97. The van der Waals surface area contributed by atoms with Gasteiger partial charge < -0.3 is 19.5 Å². The van der Waals surface area contributed by atoms with Gasteiger partial charge in [-0.3, -0.25) is 4.98 Å². The average molecular weight is 469 g/mol. The third kappa shape index (κ3) is 3.84. The van der Waals surface area contributed by atoms with Crippen molar-refractivity contribution in [3.05, 3.63) is 114 Å². The minimum absolute atomic E-state index is 0.186. The monoisotopic (exact) mass is 468 g/mol. The van der Waals surface area contributed by atoms with Crippen molar-refractivity contribution in [3.63, 3.8) is 0 Å². The molecule has 1 N–H and O–H groups in total. The zero-order valence-electron chi connectivity index (χ0n) is 18.9. The third-order valence-electron chi connectivity index (χ3n) is 6.06. The number of hydrogen-bond donors (Lipinski definition) is 1. The fraction of sp³-hybridized carbons (Fsp3) is 0.148. The number of benzene rings is 2. The van der Waals surface area contributed by atoms with Crippen LogP contribution in [0, 0.1) is 6.92 Å². The molecule has 1 aliphatic heterocycles. The highest BCUT2D eigenvalue weighted by Gasteiger charge is 2.42. The maximum absolute atomic E-state index is 12.5. The molecule has 0 bridgehead atoms. The summed E-state index contributed by atoms with van der Waals surface area (Å²) >= 11 is 5.83. The largest absolute Gasteiger partial charge is 0.465 e. The second kappa shape index (κ2) is 9.11. The summed E-state index contributed by atoms with van der Waals surface area (Å²) in [7, 11) is 1.39. The zero-order valence-corrected chi connectivity index (χ0v) is 19.7. The number of anilines is 1. The number of nitrogens with one attached hydrogen (secondary N) is 1. The van der Waals surface area contributed by atoms with Gasteiger partial charge in [0.2, 0.25) is 0 Å². The zero-order chi connectivity index (χ0) is 23.7. The molecule has 34 heavy (non-hydrogen) atoms. The van der Waals surface area contributed by atoms with Crippen molar-refractivity contribution < 1.29 is 9.53 Å². The van der Waals surface area contributed by atoms with Crippen LogP contribution in [0.25, 0.3) is 5.69 Å². The molecule has 0 aliphatic carbocycles. The van der Waals surface area contributed by atoms with Crippen LogP contribution in [0.3, 0.4) is 0 Å². The summed E-state index contributed by atoms with van der Waals surface area (Å²) in [6, 6.07) is 25.3. The van der Waals surface area contributed by atoms with Gasteiger partial charge in [-0.05, 0) is 67.7 Å². The van der Waals surface area contributed by atoms with Gasteiger partial charge in [-0.1, -0.05) is 35.9 Å². The Balaban J connectivity index is 1.69. The molecule has 5 rings (SSSR count). The minimum atomic E-state index is -0.382. The molecule has 170 valence electrons. The first-order chi connectivity index (χ1) is 16.6. The number of rotatable bonds is 5. The van der Waals surface area contributed by atoms with Crippen LogP contribution in [-0.2, 0) is 4.74 Å². The molecule has 6 nitrogen and oxygen atoms in total. The van der Waals surface area contributed by atoms with Crippen LogP contribution in [0.15, 0.2) is 91.3 Å². The number of hydrogen-bond acceptors (Lipinski definition) is 4. The number of aryl methyl sites for hydroxylation is 1. The van der Waals surface area contributed by atoms with Crippen molar-refractivity contribution in [2.45, 2.75) is 19.0 Å². The van der Waals surface area contributed by atoms with Gasteiger partial charge in [-0.25, -0.2) is 4.79 Å². The van der Waals surface area contributed by atoms with Gasteiger partial charge in [0.1, 0.15) is 6.04 Å². The highest BCUT2D eigenvalue weighted by Crippen LogP contribution is 2.42. The van der Waals surface area contributed by atoms with E-state index >= 15 is 0 Å². The quantitative estimate of drug-likeness (QED) is 0.323. The number of ether oxygens (including phenoxy) is 1. The number of pyridine rings is 1. The maximum Gasteiger partial charge on any atom is 0.339 e. The second-order valence-corrected chi connectivity index (χ2v) is 8.53. The number of methoxy groups -OCH3 is 1. The summed E-state index contributed by atoms with van der Waals surface area (Å²) in [6.45, 7) is 2.06. The summed E-state index contributed by atoms with van der Waals surface area (Å²) in [5.74, 6) is -0.382. The number of carbonyl (C=O) groups is 1. The number of thiocarbonyl (C=S) groups is 1. The first kappa shape index (κ1) is 21.9. The first-order valence-corrected chi connectivity index (χ1v) is 11.4. The second-order valence-electron chi connectivity index (χ2n) is 8.14. The summed E-state index contributed by atoms with van der Waals surface area (Å²) in [4.78, 5) is 19.3. The van der Waals surface area contributed by atoms with Crippen molar-refractivity contribution in [1.82, 2.24) is 14.9 Å². The molecule has 2 unspecified atom stereocenters. The molecule has 2 atom stereocenters. The van der Waals surface area contributed by atoms with E-state index in [1.165, 1.54) is 12.7 Å². The lowest BCUT2D eigenvalue weighted by Crippen LogP contribution is -2.30. The standard InChI is InChI=1S/C27H24N4O2S/c1-18-12-14-19(15-13-18)31-25(24(29-27(31)34)21-9-5-6-16-28-21)23-11-7-17-30(23)22-10-4-3-8-20(22)26(32)33-2/h3-17,24-25H,1-2H3,(H,29,34). The Morgan fingerprint density at radius 3 is 2.50 bits per heavy atom. The van der Waals surface area contributed by atoms with E-state index in [1.807, 2.05) is 53.2 Å². The number of carbonyl (C=O) groups excluding carboxylic acids is 1. The van der Waals surface area contributed by atoms with Gasteiger partial charge in [-0.2, -0.15) is 0 Å². The molecule has 7 heteroatoms. The molecule has 0 saturated carbocycles. The van der Waals surface area contributed by atoms with Crippen molar-refractivity contribution in [2.24, 2.45) is 0 Å². The lowest BCUT2D eigenvalue weighted by atomic mass is 10.00. The summed E-state index contributed by atoms with van der Waals surface area (Å²) < 4.78 is 7.08. The minimum Gasteiger partial charge on any atom is -0.465 e. The molecule has 1 saturated heterocycles. The van der Waals surface area contributed by atoms with E-state index < -0.39 is 0 Å². The molecule has 1 fully saturated rings. The van der Waals surface area contributed by atoms with Crippen LogP contribution in [0.5, 0.6) is 0 Å². The Labute approximate surface area is 203 Å². The number of esters is 1. The Bertz CT molecular complexity index is 1330. The van der Waals surface area contributed by atoms with Gasteiger partial charge in [0, 0.05) is 23.8 Å². The van der Waals surface area contributed by atoms with E-state index in [2.05, 4.69) is 52.5 Å². The van der Waals surface area contributed by atoms with E-state index in [0.717, 1.165) is 22.8 Å². The summed E-state index contributed by atoms with van der Waals surface area (Å²) in [5, 5.41) is 4.11. The average Bonchev–Trinajstić information content (AvgIpc) is 3.49. The van der Waals surface area contributed by atoms with Crippen molar-refractivity contribution in [1.29, 1.82) is 0 Å². The Kier molecular flexibility index (Phi) is 5.86. The van der Waals surface area contributed by atoms with E-state index in [1.54, 1.807) is 12.3 Å². The topological polar surface area (TPSA) is 59.4 Å². The van der Waals surface area contributed by atoms with E-state index in [4.69, 9.17) is 17.0 Å². The van der Waals surface area contributed by atoms with Gasteiger partial charge in [0.25, 0.3) is 0 Å². The number of aromatic nitrogens is 2. The fourth-order valence-corrected chi connectivity index (χ4v) is 4.81. The van der Waals surface area contributed by atoms with Crippen LogP contribution in [-0.4, -0.2) is 27.7 Å². The normalized spacial score (nSPS) is 17.5. The van der Waals surface area contributed by atoms with Crippen molar-refractivity contribution >= 4 is 29.0 Å². The smallest absolute Gasteiger partial charge is 0.339 e. The molecule has 0 amide bonds. The van der Waals surface area contributed by atoms with Gasteiger partial charge in [-0.15, -0.1) is 0 Å². The highest BCUT2D eigenvalue weighted by atomic mass is 32.1. The van der Waals surface area contributed by atoms with E-state index in [0.29, 0.717) is 10.7 Å². The third-order valence-corrected chi connectivity index (χ3v) is 6.38. The van der Waals surface area contributed by atoms with E-state index in [9.17, 15) is 4.79 Å². The highest BCUT2D eigenvalue weighted by molar-refractivity contribution is 7.80. The predicted octanol–water partition coefficient (Wildman–Crippen LogP) is 5.14. The first-order valence-electron chi connectivity index (χ1n) is 11.0. The molecule has 0 radical (unpaired) electrons. The van der Waals surface area contributed by atoms with E-state index in [-0.39, 0.29) is 18.1 Å². The molecular weight excluding hydrogens is 444 g/mol. The Morgan fingerprint density at radius 2 is 1.76 bits per heavy atom. The SMILES string of the molecule is COC(=O)c1ccccc1-n1cccc1C1C(c2ccccn2)NC(=S)N1c1ccc(C)cc1. The van der Waals surface area contributed by atoms with Crippen LogP contribution in [0.2, 0.25) is 0 Å². The van der Waals surface area contributed by atoms with Gasteiger partial charge in [0.05, 0.1) is 30.1 Å².